The van der Waals surface area contributed by atoms with E-state index in [0.29, 0.717) is 19.2 Å². The Morgan fingerprint density at radius 1 is 1.29 bits per heavy atom. The SMILES string of the molecule is Cn1c(C(F)(F)F)cc(=O)n(C2=CC(F)(F)C([N+](=O)[O-])C=C2)c1=O. The third-order valence-corrected chi connectivity index (χ3v) is 3.28. The Bertz CT molecular complexity index is 878. The van der Waals surface area contributed by atoms with Gasteiger partial charge < -0.3 is 0 Å². The average molecular weight is 353 g/mol. The van der Waals surface area contributed by atoms with Crippen LogP contribution in [0.5, 0.6) is 0 Å². The van der Waals surface area contributed by atoms with E-state index in [1.807, 2.05) is 0 Å². The fourth-order valence-corrected chi connectivity index (χ4v) is 2.13. The summed E-state index contributed by atoms with van der Waals surface area (Å²) in [5.74, 6) is -4.03. The fourth-order valence-electron chi connectivity index (χ4n) is 2.13. The van der Waals surface area contributed by atoms with Gasteiger partial charge in [0.1, 0.15) is 5.69 Å². The second kappa shape index (κ2) is 5.39. The van der Waals surface area contributed by atoms with Gasteiger partial charge in [-0.3, -0.25) is 19.5 Å². The van der Waals surface area contributed by atoms with Crippen LogP contribution in [0.3, 0.4) is 0 Å². The second-order valence-corrected chi connectivity index (χ2v) is 4.88. The number of nitro groups is 1. The van der Waals surface area contributed by atoms with Crippen molar-refractivity contribution in [2.75, 3.05) is 0 Å². The Labute approximate surface area is 129 Å². The highest BCUT2D eigenvalue weighted by Crippen LogP contribution is 2.31. The van der Waals surface area contributed by atoms with Crippen LogP contribution in [-0.4, -0.2) is 26.0 Å². The van der Waals surface area contributed by atoms with E-state index in [9.17, 15) is 41.7 Å². The highest BCUT2D eigenvalue weighted by atomic mass is 19.4. The molecule has 0 aliphatic heterocycles. The summed E-state index contributed by atoms with van der Waals surface area (Å²) in [6.45, 7) is 0. The lowest BCUT2D eigenvalue weighted by molar-refractivity contribution is -0.532. The van der Waals surface area contributed by atoms with Crippen molar-refractivity contribution in [3.63, 3.8) is 0 Å². The summed E-state index contributed by atoms with van der Waals surface area (Å²) in [5.41, 5.74) is -5.31. The molecule has 0 bridgehead atoms. The molecule has 1 aliphatic rings. The summed E-state index contributed by atoms with van der Waals surface area (Å²) >= 11 is 0. The number of aromatic nitrogens is 2. The maximum atomic E-state index is 13.7. The lowest BCUT2D eigenvalue weighted by Crippen LogP contribution is -2.44. The molecule has 0 saturated carbocycles. The minimum atomic E-state index is -5.00. The molecule has 1 aromatic heterocycles. The van der Waals surface area contributed by atoms with Gasteiger partial charge in [0.05, 0.1) is 5.70 Å². The largest absolute Gasteiger partial charge is 0.431 e. The molecular weight excluding hydrogens is 345 g/mol. The first-order chi connectivity index (χ1) is 10.9. The zero-order valence-corrected chi connectivity index (χ0v) is 11.8. The van der Waals surface area contributed by atoms with Gasteiger partial charge in [-0.25, -0.2) is 9.36 Å². The molecule has 2 rings (SSSR count). The van der Waals surface area contributed by atoms with Crippen LogP contribution in [0.2, 0.25) is 0 Å². The number of allylic oxidation sites excluding steroid dienone is 2. The molecule has 0 spiro atoms. The molecule has 0 saturated heterocycles. The maximum Gasteiger partial charge on any atom is 0.431 e. The van der Waals surface area contributed by atoms with E-state index in [4.69, 9.17) is 0 Å². The van der Waals surface area contributed by atoms with Crippen molar-refractivity contribution in [2.24, 2.45) is 7.05 Å². The first-order valence-corrected chi connectivity index (χ1v) is 6.19. The topological polar surface area (TPSA) is 87.1 Å². The van der Waals surface area contributed by atoms with Gasteiger partial charge in [0, 0.05) is 24.1 Å². The lowest BCUT2D eigenvalue weighted by atomic mass is 10.0. The molecule has 1 heterocycles. The Morgan fingerprint density at radius 3 is 2.33 bits per heavy atom. The summed E-state index contributed by atoms with van der Waals surface area (Å²) in [4.78, 5) is 33.0. The molecule has 0 radical (unpaired) electrons. The summed E-state index contributed by atoms with van der Waals surface area (Å²) in [6.07, 6.45) is -3.83. The summed E-state index contributed by atoms with van der Waals surface area (Å²) < 4.78 is 65.7. The standard InChI is InChI=1S/C12H8F5N3O4/c1-18-8(12(15,16)17)4-9(21)19(10(18)22)6-2-3-7(20(23)24)11(13,14)5-6/h2-5,7H,1H3. The number of alkyl halides is 5. The summed E-state index contributed by atoms with van der Waals surface area (Å²) in [6, 6.07) is -2.33. The van der Waals surface area contributed by atoms with Crippen LogP contribution in [0.25, 0.3) is 5.70 Å². The molecule has 0 aromatic carbocycles. The van der Waals surface area contributed by atoms with Gasteiger partial charge in [-0.05, 0) is 12.2 Å². The zero-order chi connectivity index (χ0) is 18.4. The predicted molar refractivity (Wildman–Crippen MR) is 70.1 cm³/mol. The molecule has 0 fully saturated rings. The van der Waals surface area contributed by atoms with Gasteiger partial charge in [0.15, 0.2) is 0 Å². The fraction of sp³-hybridized carbons (Fsp3) is 0.333. The highest BCUT2D eigenvalue weighted by molar-refractivity contribution is 5.60. The van der Waals surface area contributed by atoms with Crippen molar-refractivity contribution in [1.82, 2.24) is 9.13 Å². The van der Waals surface area contributed by atoms with Crippen LogP contribution in [-0.2, 0) is 13.2 Å². The van der Waals surface area contributed by atoms with Gasteiger partial charge in [-0.2, -0.15) is 22.0 Å². The van der Waals surface area contributed by atoms with Crippen LogP contribution < -0.4 is 11.2 Å². The van der Waals surface area contributed by atoms with Crippen molar-refractivity contribution in [3.05, 3.63) is 60.9 Å². The minimum Gasteiger partial charge on any atom is -0.292 e. The monoisotopic (exact) mass is 353 g/mol. The lowest BCUT2D eigenvalue weighted by Gasteiger charge is -2.21. The van der Waals surface area contributed by atoms with Crippen molar-refractivity contribution in [3.8, 4) is 0 Å². The minimum absolute atomic E-state index is 0.00344. The Hall–Kier alpha value is -2.79. The van der Waals surface area contributed by atoms with E-state index in [2.05, 4.69) is 0 Å². The smallest absolute Gasteiger partial charge is 0.292 e. The third kappa shape index (κ3) is 2.86. The third-order valence-electron chi connectivity index (χ3n) is 3.28. The maximum absolute atomic E-state index is 13.7. The molecule has 1 unspecified atom stereocenters. The van der Waals surface area contributed by atoms with Crippen LogP contribution in [0.15, 0.2) is 33.9 Å². The molecule has 130 valence electrons. The second-order valence-electron chi connectivity index (χ2n) is 4.88. The van der Waals surface area contributed by atoms with Crippen LogP contribution in [0.1, 0.15) is 5.69 Å². The van der Waals surface area contributed by atoms with Gasteiger partial charge in [0.2, 0.25) is 0 Å². The van der Waals surface area contributed by atoms with Crippen molar-refractivity contribution < 1.29 is 26.9 Å². The number of nitrogens with zero attached hydrogens (tertiary/aromatic N) is 3. The van der Waals surface area contributed by atoms with E-state index in [0.717, 1.165) is 0 Å². The Morgan fingerprint density at radius 2 is 1.88 bits per heavy atom. The van der Waals surface area contributed by atoms with Crippen LogP contribution in [0, 0.1) is 10.1 Å². The molecule has 0 amide bonds. The van der Waals surface area contributed by atoms with Gasteiger partial charge in [0.25, 0.3) is 11.6 Å². The molecule has 7 nitrogen and oxygen atoms in total. The van der Waals surface area contributed by atoms with Crippen molar-refractivity contribution in [1.29, 1.82) is 0 Å². The number of rotatable bonds is 2. The summed E-state index contributed by atoms with van der Waals surface area (Å²) in [5, 5.41) is 10.5. The quantitative estimate of drug-likeness (QED) is 0.455. The Balaban J connectivity index is 2.67. The van der Waals surface area contributed by atoms with Crippen LogP contribution in [0.4, 0.5) is 22.0 Å². The molecule has 1 aromatic rings. The number of hydrogen-bond acceptors (Lipinski definition) is 4. The van der Waals surface area contributed by atoms with Crippen molar-refractivity contribution in [2.45, 2.75) is 18.1 Å². The van der Waals surface area contributed by atoms with Crippen molar-refractivity contribution >= 4 is 5.70 Å². The first kappa shape index (κ1) is 17.6. The van der Waals surface area contributed by atoms with Gasteiger partial charge in [-0.15, -0.1) is 0 Å². The average Bonchev–Trinajstić information content (AvgIpc) is 2.40. The highest BCUT2D eigenvalue weighted by Gasteiger charge is 2.47. The predicted octanol–water partition coefficient (Wildman–Crippen LogP) is 1.26. The van der Waals surface area contributed by atoms with Crippen LogP contribution >= 0.6 is 0 Å². The van der Waals surface area contributed by atoms with E-state index < -0.39 is 45.7 Å². The first-order valence-electron chi connectivity index (χ1n) is 6.19. The molecule has 24 heavy (non-hydrogen) atoms. The molecule has 0 N–H and O–H groups in total. The van der Waals surface area contributed by atoms with E-state index in [1.165, 1.54) is 0 Å². The normalized spacial score (nSPS) is 19.9. The van der Waals surface area contributed by atoms with E-state index >= 15 is 0 Å². The molecule has 12 heteroatoms. The van der Waals surface area contributed by atoms with E-state index in [1.54, 1.807) is 0 Å². The molecular formula is C12H8F5N3O4. The van der Waals surface area contributed by atoms with Gasteiger partial charge >= 0.3 is 17.8 Å². The number of halogens is 5. The number of hydrogen-bond donors (Lipinski definition) is 0. The molecule has 1 aliphatic carbocycles. The van der Waals surface area contributed by atoms with Gasteiger partial charge in [-0.1, -0.05) is 0 Å². The molecule has 1 atom stereocenters. The Kier molecular flexibility index (Phi) is 3.94. The zero-order valence-electron chi connectivity index (χ0n) is 11.8. The summed E-state index contributed by atoms with van der Waals surface area (Å²) in [7, 11) is 0.714. The van der Waals surface area contributed by atoms with E-state index in [-0.39, 0.29) is 21.3 Å².